The molecule has 126 valence electrons. The van der Waals surface area contributed by atoms with Gasteiger partial charge in [-0.15, -0.1) is 11.3 Å². The molecule has 1 amide bonds. The van der Waals surface area contributed by atoms with Crippen molar-refractivity contribution in [2.45, 2.75) is 38.2 Å². The zero-order chi connectivity index (χ0) is 16.6. The zero-order valence-electron chi connectivity index (χ0n) is 13.6. The van der Waals surface area contributed by atoms with Crippen LogP contribution in [-0.4, -0.2) is 40.1 Å². The summed E-state index contributed by atoms with van der Waals surface area (Å²) in [5.74, 6) is 0.00612. The molecule has 2 fully saturated rings. The fourth-order valence-corrected chi connectivity index (χ4v) is 4.98. The van der Waals surface area contributed by atoms with Crippen LogP contribution in [0.3, 0.4) is 0 Å². The summed E-state index contributed by atoms with van der Waals surface area (Å²) in [5.41, 5.74) is 1.50. The molecule has 0 unspecified atom stereocenters. The fourth-order valence-electron chi connectivity index (χ4n) is 4.18. The van der Waals surface area contributed by atoms with E-state index in [1.807, 2.05) is 40.6 Å². The number of likely N-dealkylation sites (tertiary alicyclic amines) is 1. The molecular weight excluding hydrogens is 320 g/mol. The van der Waals surface area contributed by atoms with Crippen molar-refractivity contribution in [1.29, 1.82) is 0 Å². The maximum atomic E-state index is 12.9. The minimum Gasteiger partial charge on any atom is -0.392 e. The summed E-state index contributed by atoms with van der Waals surface area (Å²) in [6, 6.07) is 9.96. The van der Waals surface area contributed by atoms with Crippen LogP contribution in [0.4, 0.5) is 0 Å². The third kappa shape index (κ3) is 2.76. The second kappa shape index (κ2) is 6.30. The average Bonchev–Trinajstić information content (AvgIpc) is 3.24. The van der Waals surface area contributed by atoms with Gasteiger partial charge in [0.05, 0.1) is 6.10 Å². The van der Waals surface area contributed by atoms with Crippen LogP contribution in [0.2, 0.25) is 0 Å². The highest BCUT2D eigenvalue weighted by atomic mass is 32.1. The summed E-state index contributed by atoms with van der Waals surface area (Å²) in [5, 5.41) is 13.1. The third-order valence-corrected chi connectivity index (χ3v) is 6.39. The van der Waals surface area contributed by atoms with Gasteiger partial charge in [-0.1, -0.05) is 36.8 Å². The molecular formula is C19H22N2O2S. The Balaban J connectivity index is 1.53. The second-order valence-corrected chi connectivity index (χ2v) is 7.86. The molecule has 2 aromatic rings. The van der Waals surface area contributed by atoms with Crippen LogP contribution in [-0.2, 0) is 0 Å². The summed E-state index contributed by atoms with van der Waals surface area (Å²) in [6.07, 6.45) is 4.71. The molecule has 1 aromatic heterocycles. The van der Waals surface area contributed by atoms with Crippen molar-refractivity contribution in [2.75, 3.05) is 13.1 Å². The Bertz CT molecular complexity index is 730. The van der Waals surface area contributed by atoms with Crippen LogP contribution in [0, 0.1) is 5.41 Å². The van der Waals surface area contributed by atoms with Crippen LogP contribution >= 0.6 is 11.3 Å². The highest BCUT2D eigenvalue weighted by Crippen LogP contribution is 2.45. The first kappa shape index (κ1) is 15.8. The standard InChI is InChI=1S/C19H22N2O2S/c22-16-8-4-9-19(16)10-5-11-21(13-19)18(23)15-12-24-17(20-15)14-6-2-1-3-7-14/h1-3,6-7,12,16,22H,4-5,8-11,13H2/t16-,19-/m1/s1. The van der Waals surface area contributed by atoms with Gasteiger partial charge in [0.15, 0.2) is 0 Å². The predicted molar refractivity (Wildman–Crippen MR) is 95.0 cm³/mol. The fraction of sp³-hybridized carbons (Fsp3) is 0.474. The van der Waals surface area contributed by atoms with Gasteiger partial charge in [-0.25, -0.2) is 4.98 Å². The lowest BCUT2D eigenvalue weighted by Crippen LogP contribution is -2.49. The first-order valence-corrected chi connectivity index (χ1v) is 9.54. The van der Waals surface area contributed by atoms with E-state index in [0.29, 0.717) is 12.2 Å². The molecule has 5 heteroatoms. The first-order chi connectivity index (χ1) is 11.7. The normalized spacial score (nSPS) is 26.9. The molecule has 4 nitrogen and oxygen atoms in total. The summed E-state index contributed by atoms with van der Waals surface area (Å²) in [7, 11) is 0. The van der Waals surface area contributed by atoms with Gasteiger partial charge >= 0.3 is 0 Å². The molecule has 1 N–H and O–H groups in total. The van der Waals surface area contributed by atoms with E-state index in [4.69, 9.17) is 0 Å². The van der Waals surface area contributed by atoms with E-state index in [1.54, 1.807) is 0 Å². The smallest absolute Gasteiger partial charge is 0.273 e. The van der Waals surface area contributed by atoms with Crippen molar-refractivity contribution in [2.24, 2.45) is 5.41 Å². The number of aliphatic hydroxyl groups is 1. The monoisotopic (exact) mass is 342 g/mol. The molecule has 1 aromatic carbocycles. The van der Waals surface area contributed by atoms with Crippen LogP contribution in [0.5, 0.6) is 0 Å². The largest absolute Gasteiger partial charge is 0.392 e. The van der Waals surface area contributed by atoms with E-state index >= 15 is 0 Å². The minimum absolute atomic E-state index is 0.00612. The summed E-state index contributed by atoms with van der Waals surface area (Å²) in [4.78, 5) is 19.3. The molecule has 0 bridgehead atoms. The molecule has 1 aliphatic carbocycles. The summed E-state index contributed by atoms with van der Waals surface area (Å²) < 4.78 is 0. The van der Waals surface area contributed by atoms with E-state index in [2.05, 4.69) is 4.98 Å². The minimum atomic E-state index is -0.261. The van der Waals surface area contributed by atoms with Crippen molar-refractivity contribution in [3.8, 4) is 10.6 Å². The number of aliphatic hydroxyl groups excluding tert-OH is 1. The Morgan fingerprint density at radius 2 is 2.04 bits per heavy atom. The predicted octanol–water partition coefficient (Wildman–Crippen LogP) is 3.58. The molecule has 2 aliphatic rings. The summed E-state index contributed by atoms with van der Waals surface area (Å²) in [6.45, 7) is 1.44. The summed E-state index contributed by atoms with van der Waals surface area (Å²) >= 11 is 1.51. The maximum absolute atomic E-state index is 12.9. The van der Waals surface area contributed by atoms with E-state index in [-0.39, 0.29) is 17.4 Å². The maximum Gasteiger partial charge on any atom is 0.273 e. The number of aromatic nitrogens is 1. The molecule has 0 radical (unpaired) electrons. The molecule has 4 rings (SSSR count). The number of piperidine rings is 1. The van der Waals surface area contributed by atoms with Gasteiger partial charge < -0.3 is 10.0 Å². The highest BCUT2D eigenvalue weighted by molar-refractivity contribution is 7.13. The van der Waals surface area contributed by atoms with E-state index in [9.17, 15) is 9.90 Å². The van der Waals surface area contributed by atoms with Gasteiger partial charge in [0.25, 0.3) is 5.91 Å². The second-order valence-electron chi connectivity index (χ2n) is 7.00. The number of carbonyl (C=O) groups is 1. The molecule has 1 aliphatic heterocycles. The number of thiazole rings is 1. The Morgan fingerprint density at radius 3 is 2.79 bits per heavy atom. The van der Waals surface area contributed by atoms with Crippen molar-refractivity contribution >= 4 is 17.2 Å². The number of rotatable bonds is 2. The van der Waals surface area contributed by atoms with E-state index in [1.165, 1.54) is 11.3 Å². The van der Waals surface area contributed by atoms with Gasteiger partial charge in [0.2, 0.25) is 0 Å². The van der Waals surface area contributed by atoms with Crippen molar-refractivity contribution in [3.63, 3.8) is 0 Å². The molecule has 24 heavy (non-hydrogen) atoms. The topological polar surface area (TPSA) is 53.4 Å². The first-order valence-electron chi connectivity index (χ1n) is 8.66. The van der Waals surface area contributed by atoms with Crippen molar-refractivity contribution < 1.29 is 9.90 Å². The Kier molecular flexibility index (Phi) is 4.14. The van der Waals surface area contributed by atoms with E-state index < -0.39 is 0 Å². The van der Waals surface area contributed by atoms with Gasteiger partial charge in [-0.3, -0.25) is 4.79 Å². The SMILES string of the molecule is O=C(c1csc(-c2ccccc2)n1)N1CCC[C@]2(CCC[C@H]2O)C1. The van der Waals surface area contributed by atoms with Crippen LogP contribution in [0.25, 0.3) is 10.6 Å². The van der Waals surface area contributed by atoms with E-state index in [0.717, 1.165) is 49.2 Å². The quantitative estimate of drug-likeness (QED) is 0.907. The number of hydrogen-bond donors (Lipinski definition) is 1. The lowest BCUT2D eigenvalue weighted by atomic mass is 9.76. The number of benzene rings is 1. The van der Waals surface area contributed by atoms with Crippen molar-refractivity contribution in [1.82, 2.24) is 9.88 Å². The average molecular weight is 342 g/mol. The molecule has 2 atom stereocenters. The number of amides is 1. The number of hydrogen-bond acceptors (Lipinski definition) is 4. The lowest BCUT2D eigenvalue weighted by Gasteiger charge is -2.42. The van der Waals surface area contributed by atoms with Crippen LogP contribution < -0.4 is 0 Å². The van der Waals surface area contributed by atoms with Crippen molar-refractivity contribution in [3.05, 3.63) is 41.4 Å². The highest BCUT2D eigenvalue weighted by Gasteiger charge is 2.45. The van der Waals surface area contributed by atoms with Gasteiger partial charge in [0.1, 0.15) is 10.7 Å². The van der Waals surface area contributed by atoms with Gasteiger partial charge in [-0.05, 0) is 25.7 Å². The van der Waals surface area contributed by atoms with Gasteiger partial charge in [0, 0.05) is 29.4 Å². The van der Waals surface area contributed by atoms with Gasteiger partial charge in [-0.2, -0.15) is 0 Å². The van der Waals surface area contributed by atoms with Crippen LogP contribution in [0.15, 0.2) is 35.7 Å². The molecule has 1 saturated carbocycles. The number of carbonyl (C=O) groups excluding carboxylic acids is 1. The molecule has 2 heterocycles. The zero-order valence-corrected chi connectivity index (χ0v) is 14.5. The molecule has 1 spiro atoms. The number of nitrogens with zero attached hydrogens (tertiary/aromatic N) is 2. The Morgan fingerprint density at radius 1 is 1.25 bits per heavy atom. The Hall–Kier alpha value is -1.72. The third-order valence-electron chi connectivity index (χ3n) is 5.50. The van der Waals surface area contributed by atoms with Crippen LogP contribution in [0.1, 0.15) is 42.6 Å². The Labute approximate surface area is 146 Å². The lowest BCUT2D eigenvalue weighted by molar-refractivity contribution is -0.00552. The molecule has 1 saturated heterocycles.